The average Bonchev–Trinajstić information content (AvgIpc) is 2.66. The molecule has 27 heavy (non-hydrogen) atoms. The maximum atomic E-state index is 13.1. The standard InChI is InChI=1S/C21H25F2N3O/c1-15-9-12-26(13-10-15)18-5-2-16(3-6-18)25-21(27)8-11-24-17-4-7-19(22)20(23)14-17/h2-7,14-15,24H,8-13H2,1H3,(H,25,27). The molecule has 1 amide bonds. The molecule has 144 valence electrons. The van der Waals surface area contributed by atoms with E-state index >= 15 is 0 Å². The Morgan fingerprint density at radius 2 is 1.70 bits per heavy atom. The molecule has 0 aromatic heterocycles. The summed E-state index contributed by atoms with van der Waals surface area (Å²) >= 11 is 0. The van der Waals surface area contributed by atoms with Gasteiger partial charge in [-0.05, 0) is 61.2 Å². The van der Waals surface area contributed by atoms with Gasteiger partial charge in [0.05, 0.1) is 0 Å². The van der Waals surface area contributed by atoms with Crippen LogP contribution in [0.3, 0.4) is 0 Å². The summed E-state index contributed by atoms with van der Waals surface area (Å²) in [7, 11) is 0. The number of rotatable bonds is 6. The van der Waals surface area contributed by atoms with Crippen LogP contribution in [0.4, 0.5) is 25.8 Å². The van der Waals surface area contributed by atoms with Crippen molar-refractivity contribution >= 4 is 23.0 Å². The van der Waals surface area contributed by atoms with Crippen LogP contribution in [0.5, 0.6) is 0 Å². The van der Waals surface area contributed by atoms with Gasteiger partial charge in [0.25, 0.3) is 0 Å². The molecule has 1 saturated heterocycles. The first-order chi connectivity index (χ1) is 13.0. The molecule has 1 fully saturated rings. The topological polar surface area (TPSA) is 44.4 Å². The summed E-state index contributed by atoms with van der Waals surface area (Å²) in [6, 6.07) is 11.5. The van der Waals surface area contributed by atoms with Crippen LogP contribution in [-0.4, -0.2) is 25.5 Å². The third kappa shape index (κ3) is 5.42. The fourth-order valence-corrected chi connectivity index (χ4v) is 3.17. The number of carbonyl (C=O) groups is 1. The second-order valence-corrected chi connectivity index (χ2v) is 7.07. The van der Waals surface area contributed by atoms with E-state index in [0.717, 1.165) is 36.8 Å². The van der Waals surface area contributed by atoms with Gasteiger partial charge in [0.1, 0.15) is 0 Å². The number of halogens is 2. The lowest BCUT2D eigenvalue weighted by Gasteiger charge is -2.32. The Bertz CT molecular complexity index is 771. The number of anilines is 3. The van der Waals surface area contributed by atoms with E-state index in [2.05, 4.69) is 22.5 Å². The van der Waals surface area contributed by atoms with Gasteiger partial charge >= 0.3 is 0 Å². The van der Waals surface area contributed by atoms with Crippen molar-refractivity contribution in [2.45, 2.75) is 26.2 Å². The molecule has 2 N–H and O–H groups in total. The molecule has 0 bridgehead atoms. The summed E-state index contributed by atoms with van der Waals surface area (Å²) in [5.41, 5.74) is 2.38. The first kappa shape index (κ1) is 19.1. The van der Waals surface area contributed by atoms with E-state index in [4.69, 9.17) is 0 Å². The maximum absolute atomic E-state index is 13.1. The van der Waals surface area contributed by atoms with Crippen LogP contribution in [0.15, 0.2) is 42.5 Å². The molecule has 3 rings (SSSR count). The average molecular weight is 373 g/mol. The summed E-state index contributed by atoms with van der Waals surface area (Å²) < 4.78 is 26.0. The van der Waals surface area contributed by atoms with Crippen LogP contribution < -0.4 is 15.5 Å². The van der Waals surface area contributed by atoms with Crippen LogP contribution in [0.2, 0.25) is 0 Å². The lowest BCUT2D eigenvalue weighted by Crippen LogP contribution is -2.32. The molecule has 0 spiro atoms. The SMILES string of the molecule is CC1CCN(c2ccc(NC(=O)CCNc3ccc(F)c(F)c3)cc2)CC1. The molecule has 6 heteroatoms. The molecule has 4 nitrogen and oxygen atoms in total. The van der Waals surface area contributed by atoms with E-state index in [1.807, 2.05) is 24.3 Å². The number of amides is 1. The van der Waals surface area contributed by atoms with Crippen molar-refractivity contribution in [1.29, 1.82) is 0 Å². The lowest BCUT2D eigenvalue weighted by atomic mass is 9.99. The van der Waals surface area contributed by atoms with Crippen molar-refractivity contribution in [3.63, 3.8) is 0 Å². The van der Waals surface area contributed by atoms with Gasteiger partial charge in [-0.1, -0.05) is 6.92 Å². The van der Waals surface area contributed by atoms with E-state index < -0.39 is 11.6 Å². The van der Waals surface area contributed by atoms with Crippen LogP contribution in [0.25, 0.3) is 0 Å². The van der Waals surface area contributed by atoms with Crippen molar-refractivity contribution in [3.8, 4) is 0 Å². The largest absolute Gasteiger partial charge is 0.384 e. The fraction of sp³-hybridized carbons (Fsp3) is 0.381. The van der Waals surface area contributed by atoms with Gasteiger partial charge in [0.2, 0.25) is 5.91 Å². The van der Waals surface area contributed by atoms with Crippen LogP contribution in [-0.2, 0) is 4.79 Å². The summed E-state index contributed by atoms with van der Waals surface area (Å²) in [6.07, 6.45) is 2.65. The number of nitrogens with one attached hydrogen (secondary N) is 2. The first-order valence-electron chi connectivity index (χ1n) is 9.35. The number of carbonyl (C=O) groups excluding carboxylic acids is 1. The highest BCUT2D eigenvalue weighted by molar-refractivity contribution is 5.91. The first-order valence-corrected chi connectivity index (χ1v) is 9.35. The van der Waals surface area contributed by atoms with Crippen molar-refractivity contribution in [3.05, 3.63) is 54.1 Å². The van der Waals surface area contributed by atoms with Gasteiger partial charge in [-0.3, -0.25) is 4.79 Å². The van der Waals surface area contributed by atoms with Gasteiger partial charge < -0.3 is 15.5 Å². The fourth-order valence-electron chi connectivity index (χ4n) is 3.17. The molecule has 0 unspecified atom stereocenters. The minimum absolute atomic E-state index is 0.135. The number of nitrogens with zero attached hydrogens (tertiary/aromatic N) is 1. The highest BCUT2D eigenvalue weighted by Crippen LogP contribution is 2.24. The van der Waals surface area contributed by atoms with E-state index in [1.54, 1.807) is 0 Å². The quantitative estimate of drug-likeness (QED) is 0.775. The minimum Gasteiger partial charge on any atom is -0.384 e. The molecule has 2 aromatic rings. The molecule has 0 atom stereocenters. The zero-order valence-corrected chi connectivity index (χ0v) is 15.5. The minimum atomic E-state index is -0.910. The Kier molecular flexibility index (Phi) is 6.27. The normalized spacial score (nSPS) is 14.9. The maximum Gasteiger partial charge on any atom is 0.226 e. The van der Waals surface area contributed by atoms with Gasteiger partial charge in [0, 0.05) is 43.1 Å². The Balaban J connectivity index is 1.44. The Morgan fingerprint density at radius 1 is 1.04 bits per heavy atom. The van der Waals surface area contributed by atoms with E-state index in [0.29, 0.717) is 12.2 Å². The van der Waals surface area contributed by atoms with Crippen molar-refractivity contribution in [1.82, 2.24) is 0 Å². The van der Waals surface area contributed by atoms with Crippen LogP contribution in [0.1, 0.15) is 26.2 Å². The van der Waals surface area contributed by atoms with E-state index in [-0.39, 0.29) is 12.3 Å². The second kappa shape index (κ2) is 8.84. The number of benzene rings is 2. The van der Waals surface area contributed by atoms with Crippen molar-refractivity contribution < 1.29 is 13.6 Å². The zero-order chi connectivity index (χ0) is 19.2. The molecule has 0 aliphatic carbocycles. The molecule has 1 heterocycles. The third-order valence-electron chi connectivity index (χ3n) is 4.90. The van der Waals surface area contributed by atoms with E-state index in [9.17, 15) is 13.6 Å². The highest BCUT2D eigenvalue weighted by Gasteiger charge is 2.15. The molecule has 1 aliphatic heterocycles. The van der Waals surface area contributed by atoms with Crippen molar-refractivity contribution in [2.75, 3.05) is 35.2 Å². The molecule has 1 aliphatic rings. The predicted molar refractivity (Wildman–Crippen MR) is 105 cm³/mol. The summed E-state index contributed by atoms with van der Waals surface area (Å²) in [4.78, 5) is 14.4. The Morgan fingerprint density at radius 3 is 2.37 bits per heavy atom. The van der Waals surface area contributed by atoms with Crippen molar-refractivity contribution in [2.24, 2.45) is 5.92 Å². The highest BCUT2D eigenvalue weighted by atomic mass is 19.2. The summed E-state index contributed by atoms with van der Waals surface area (Å²) in [6.45, 7) is 4.77. The van der Waals surface area contributed by atoms with Crippen LogP contribution in [0, 0.1) is 17.6 Å². The predicted octanol–water partition coefficient (Wildman–Crippen LogP) is 4.64. The summed E-state index contributed by atoms with van der Waals surface area (Å²) in [5, 5.41) is 5.77. The summed E-state index contributed by atoms with van der Waals surface area (Å²) in [5.74, 6) is -1.14. The van der Waals surface area contributed by atoms with Gasteiger partial charge in [-0.2, -0.15) is 0 Å². The number of piperidine rings is 1. The van der Waals surface area contributed by atoms with E-state index in [1.165, 1.54) is 24.6 Å². The van der Waals surface area contributed by atoms with Gasteiger partial charge in [-0.25, -0.2) is 8.78 Å². The van der Waals surface area contributed by atoms with Crippen LogP contribution >= 0.6 is 0 Å². The molecular formula is C21H25F2N3O. The molecule has 0 saturated carbocycles. The number of hydrogen-bond acceptors (Lipinski definition) is 3. The smallest absolute Gasteiger partial charge is 0.226 e. The van der Waals surface area contributed by atoms with Gasteiger partial charge in [0.15, 0.2) is 11.6 Å². The lowest BCUT2D eigenvalue weighted by molar-refractivity contribution is -0.115. The third-order valence-corrected chi connectivity index (χ3v) is 4.90. The monoisotopic (exact) mass is 373 g/mol. The molecule has 0 radical (unpaired) electrons. The Hall–Kier alpha value is -2.63. The zero-order valence-electron chi connectivity index (χ0n) is 15.5. The Labute approximate surface area is 158 Å². The number of hydrogen-bond donors (Lipinski definition) is 2. The van der Waals surface area contributed by atoms with Gasteiger partial charge in [-0.15, -0.1) is 0 Å². The second-order valence-electron chi connectivity index (χ2n) is 7.07. The molecular weight excluding hydrogens is 348 g/mol. The molecule has 2 aromatic carbocycles.